The quantitative estimate of drug-likeness (QED) is 0.128. The standard InChI is InChI=1S/C68H47FGeN4/c1-47-21-32-57(33-22-47)73-65-20-12-11-19-61(65)63-44-59(38-41-67(63)73)72(56-34-23-48(46-71)24-35-56)60-39-42-68-64(45-60)62-43-50(27-40-66(62)74(68)58-36-28-51(69)29-37-58)49-25-30-55(31-26-49)70(52-13-5-2-6-14-52,53-15-7-3-8-16-53)54-17-9-4-10-18-54/h2-45H,1H3. The van der Waals surface area contributed by atoms with Crippen molar-refractivity contribution in [1.82, 2.24) is 9.13 Å². The molecule has 0 radical (unpaired) electrons. The second-order valence-corrected chi connectivity index (χ2v) is 27.0. The molecule has 11 aromatic carbocycles. The minimum atomic E-state index is -3.47. The summed E-state index contributed by atoms with van der Waals surface area (Å²) in [5, 5.41) is 14.3. The molecule has 0 amide bonds. The Kier molecular flexibility index (Phi) is 11.1. The minimum Gasteiger partial charge on any atom is -0.0572 e. The molecular formula is C68H47FGeN4. The Balaban J connectivity index is 0.990. The zero-order valence-electron chi connectivity index (χ0n) is 40.6. The first-order chi connectivity index (χ1) is 36.5. The van der Waals surface area contributed by atoms with Gasteiger partial charge >= 0.3 is 272 Å². The van der Waals surface area contributed by atoms with Crippen LogP contribution in [0.2, 0.25) is 0 Å². The molecule has 13 aromatic rings. The van der Waals surface area contributed by atoms with Crippen molar-refractivity contribution in [2.24, 2.45) is 0 Å². The van der Waals surface area contributed by atoms with Crippen molar-refractivity contribution >= 4 is 91.5 Å². The molecule has 350 valence electrons. The fourth-order valence-corrected chi connectivity index (χ4v) is 21.3. The van der Waals surface area contributed by atoms with Crippen LogP contribution < -0.4 is 22.5 Å². The molecule has 0 saturated carbocycles. The maximum atomic E-state index is 14.6. The first kappa shape index (κ1) is 44.7. The van der Waals surface area contributed by atoms with E-state index >= 15 is 0 Å². The third-order valence-electron chi connectivity index (χ3n) is 14.8. The van der Waals surface area contributed by atoms with Gasteiger partial charge in [0.25, 0.3) is 0 Å². The fourth-order valence-electron chi connectivity index (χ4n) is 11.4. The number of aryl methyl sites for hydroxylation is 1. The Morgan fingerprint density at radius 2 is 0.797 bits per heavy atom. The summed E-state index contributed by atoms with van der Waals surface area (Å²) in [5.41, 5.74) is 13.2. The van der Waals surface area contributed by atoms with Crippen LogP contribution in [0.5, 0.6) is 0 Å². The van der Waals surface area contributed by atoms with Crippen LogP contribution in [0, 0.1) is 24.1 Å². The molecule has 4 nitrogen and oxygen atoms in total. The molecule has 2 aromatic heterocycles. The van der Waals surface area contributed by atoms with Gasteiger partial charge in [-0.25, -0.2) is 4.39 Å². The third kappa shape index (κ3) is 7.50. The molecule has 13 rings (SSSR count). The van der Waals surface area contributed by atoms with Gasteiger partial charge in [0.05, 0.1) is 22.7 Å². The molecule has 0 fully saturated rings. The minimum absolute atomic E-state index is 0.278. The Morgan fingerprint density at radius 1 is 0.378 bits per heavy atom. The van der Waals surface area contributed by atoms with E-state index in [0.717, 1.165) is 83.2 Å². The van der Waals surface area contributed by atoms with Gasteiger partial charge < -0.3 is 4.57 Å². The van der Waals surface area contributed by atoms with Gasteiger partial charge in [-0.05, 0) is 67.6 Å². The van der Waals surface area contributed by atoms with E-state index < -0.39 is 13.3 Å². The zero-order valence-corrected chi connectivity index (χ0v) is 42.7. The molecule has 6 heteroatoms. The van der Waals surface area contributed by atoms with Crippen molar-refractivity contribution in [2.75, 3.05) is 4.90 Å². The number of halogens is 1. The van der Waals surface area contributed by atoms with E-state index in [1.54, 1.807) is 0 Å². The first-order valence-electron chi connectivity index (χ1n) is 25.0. The van der Waals surface area contributed by atoms with Crippen molar-refractivity contribution in [3.05, 3.63) is 284 Å². The summed E-state index contributed by atoms with van der Waals surface area (Å²) >= 11 is -3.47. The summed E-state index contributed by atoms with van der Waals surface area (Å²) in [6, 6.07) is 96.9. The molecule has 74 heavy (non-hydrogen) atoms. The number of para-hydroxylation sites is 1. The molecular weight excluding hydrogens is 964 g/mol. The summed E-state index contributed by atoms with van der Waals surface area (Å²) in [6.45, 7) is 2.12. The van der Waals surface area contributed by atoms with Crippen molar-refractivity contribution < 1.29 is 4.39 Å². The number of benzene rings is 11. The summed E-state index contributed by atoms with van der Waals surface area (Å²) in [7, 11) is 0. The smallest absolute Gasteiger partial charge is 0.0542 e. The van der Waals surface area contributed by atoms with Crippen LogP contribution in [0.3, 0.4) is 0 Å². The first-order valence-corrected chi connectivity index (χ1v) is 29.2. The van der Waals surface area contributed by atoms with E-state index in [0.29, 0.717) is 5.56 Å². The van der Waals surface area contributed by atoms with Gasteiger partial charge in [0.15, 0.2) is 0 Å². The average Bonchev–Trinajstić information content (AvgIpc) is 3.97. The van der Waals surface area contributed by atoms with Gasteiger partial charge in [-0.1, -0.05) is 35.9 Å². The van der Waals surface area contributed by atoms with E-state index in [1.165, 1.54) is 35.3 Å². The predicted octanol–water partition coefficient (Wildman–Crippen LogP) is 14.7. The number of hydrogen-bond acceptors (Lipinski definition) is 2. The molecule has 0 aliphatic heterocycles. The van der Waals surface area contributed by atoms with Crippen LogP contribution in [0.1, 0.15) is 11.1 Å². The second-order valence-electron chi connectivity index (χ2n) is 19.1. The number of hydrogen-bond donors (Lipinski definition) is 0. The second kappa shape index (κ2) is 18.4. The molecule has 0 unspecified atom stereocenters. The van der Waals surface area contributed by atoms with E-state index in [1.807, 2.05) is 36.4 Å². The maximum absolute atomic E-state index is 14.6. The van der Waals surface area contributed by atoms with Gasteiger partial charge in [0.2, 0.25) is 0 Å². The summed E-state index contributed by atoms with van der Waals surface area (Å²) in [5.74, 6) is -0.278. The van der Waals surface area contributed by atoms with Crippen molar-refractivity contribution in [3.8, 4) is 28.6 Å². The number of aromatic nitrogens is 2. The molecule has 0 aliphatic carbocycles. The summed E-state index contributed by atoms with van der Waals surface area (Å²) in [4.78, 5) is 2.28. The number of nitriles is 1. The van der Waals surface area contributed by atoms with Gasteiger partial charge in [0.1, 0.15) is 5.82 Å². The maximum Gasteiger partial charge on any atom is 0.0542 e. The van der Waals surface area contributed by atoms with Crippen molar-refractivity contribution in [2.45, 2.75) is 6.92 Å². The van der Waals surface area contributed by atoms with E-state index in [-0.39, 0.29) is 5.82 Å². The van der Waals surface area contributed by atoms with Crippen molar-refractivity contribution in [1.29, 1.82) is 5.26 Å². The van der Waals surface area contributed by atoms with Crippen LogP contribution in [-0.4, -0.2) is 22.4 Å². The fraction of sp³-hybridized carbons (Fsp3) is 0.0147. The van der Waals surface area contributed by atoms with Gasteiger partial charge in [-0.3, -0.25) is 0 Å². The van der Waals surface area contributed by atoms with Crippen LogP contribution in [0.15, 0.2) is 267 Å². The normalized spacial score (nSPS) is 11.6. The van der Waals surface area contributed by atoms with E-state index in [9.17, 15) is 9.65 Å². The molecule has 0 atom stereocenters. The molecule has 2 heterocycles. The Bertz CT molecular complexity index is 4140. The Hall–Kier alpha value is -9.22. The molecule has 0 saturated heterocycles. The van der Waals surface area contributed by atoms with E-state index in [2.05, 4.69) is 245 Å². The largest absolute Gasteiger partial charge is 0.0572 e. The monoisotopic (exact) mass is 1010 g/mol. The van der Waals surface area contributed by atoms with Crippen molar-refractivity contribution in [3.63, 3.8) is 0 Å². The van der Waals surface area contributed by atoms with Gasteiger partial charge in [0, 0.05) is 16.5 Å². The zero-order chi connectivity index (χ0) is 49.8. The molecule has 0 N–H and O–H groups in total. The van der Waals surface area contributed by atoms with Crippen LogP contribution in [0.4, 0.5) is 21.5 Å². The molecule has 0 bridgehead atoms. The predicted molar refractivity (Wildman–Crippen MR) is 308 cm³/mol. The third-order valence-corrected chi connectivity index (χ3v) is 24.9. The number of anilines is 3. The number of rotatable bonds is 10. The van der Waals surface area contributed by atoms with Crippen LogP contribution in [-0.2, 0) is 0 Å². The van der Waals surface area contributed by atoms with Gasteiger partial charge in [-0.2, -0.15) is 5.26 Å². The number of fused-ring (bicyclic) bond motifs is 6. The van der Waals surface area contributed by atoms with Gasteiger partial charge in [-0.15, -0.1) is 0 Å². The Labute approximate surface area is 432 Å². The molecule has 0 aliphatic rings. The summed E-state index contributed by atoms with van der Waals surface area (Å²) < 4.78 is 24.6. The summed E-state index contributed by atoms with van der Waals surface area (Å²) in [6.07, 6.45) is 0. The van der Waals surface area contributed by atoms with Crippen LogP contribution >= 0.6 is 0 Å². The van der Waals surface area contributed by atoms with E-state index in [4.69, 9.17) is 0 Å². The Morgan fingerprint density at radius 3 is 1.34 bits per heavy atom. The molecule has 0 spiro atoms. The number of nitrogens with zero attached hydrogens (tertiary/aromatic N) is 4. The average molecular weight is 1010 g/mol. The van der Waals surface area contributed by atoms with Crippen LogP contribution in [0.25, 0.3) is 66.1 Å². The SMILES string of the molecule is Cc1ccc(-n2c3ccccc3c3cc(N(c4ccc(C#N)cc4)c4ccc5c(c4)c4cc(-c6cc[c]([Ge]([c]7ccccc7)([c]7ccccc7)[c]7ccccc7)cc6)ccc4n5-c4ccc(F)cc4)ccc32)cc1. The topological polar surface area (TPSA) is 36.9 Å².